The molecule has 1 aromatic heterocycles. The van der Waals surface area contributed by atoms with Gasteiger partial charge in [-0.05, 0) is 13.8 Å². The van der Waals surface area contributed by atoms with Crippen molar-refractivity contribution in [2.45, 2.75) is 19.9 Å². The molecule has 92 valence electrons. The molecule has 0 fully saturated rings. The van der Waals surface area contributed by atoms with Crippen LogP contribution in [0.1, 0.15) is 24.2 Å². The number of aromatic nitrogens is 1. The summed E-state index contributed by atoms with van der Waals surface area (Å²) in [6, 6.07) is 1.04. The topological polar surface area (TPSA) is 96.6 Å². The fraction of sp³-hybridized carbons (Fsp3) is 0.400. The predicted octanol–water partition coefficient (Wildman–Crippen LogP) is 1.53. The van der Waals surface area contributed by atoms with E-state index in [2.05, 4.69) is 4.98 Å². The number of carboxylic acid groups (broad SMARTS) is 1. The first kappa shape index (κ1) is 12.9. The van der Waals surface area contributed by atoms with Crippen molar-refractivity contribution in [3.63, 3.8) is 0 Å². The minimum absolute atomic E-state index is 0.0249. The SMILES string of the molecule is CC(C)N(C)c1ncc(C(=O)O)cc1[N+](=O)[O-]. The molecule has 1 N–H and O–H groups in total. The molecule has 7 heteroatoms. The van der Waals surface area contributed by atoms with Crippen LogP contribution in [0.3, 0.4) is 0 Å². The lowest BCUT2D eigenvalue weighted by molar-refractivity contribution is -0.384. The molecular weight excluding hydrogens is 226 g/mol. The van der Waals surface area contributed by atoms with Crippen LogP contribution in [0.15, 0.2) is 12.3 Å². The third-order valence-electron chi connectivity index (χ3n) is 2.40. The molecule has 1 aromatic rings. The second-order valence-electron chi connectivity index (χ2n) is 3.83. The molecule has 0 bridgehead atoms. The number of rotatable bonds is 4. The minimum atomic E-state index is -1.24. The van der Waals surface area contributed by atoms with Gasteiger partial charge in [0.25, 0.3) is 0 Å². The van der Waals surface area contributed by atoms with Gasteiger partial charge in [0.15, 0.2) is 0 Å². The number of hydrogen-bond donors (Lipinski definition) is 1. The summed E-state index contributed by atoms with van der Waals surface area (Å²) < 4.78 is 0. The van der Waals surface area contributed by atoms with Crippen molar-refractivity contribution in [2.75, 3.05) is 11.9 Å². The number of aromatic carboxylic acids is 1. The molecule has 0 atom stereocenters. The van der Waals surface area contributed by atoms with Gasteiger partial charge in [0, 0.05) is 25.4 Å². The first-order valence-electron chi connectivity index (χ1n) is 4.95. The highest BCUT2D eigenvalue weighted by atomic mass is 16.6. The number of pyridine rings is 1. The van der Waals surface area contributed by atoms with E-state index in [1.807, 2.05) is 13.8 Å². The zero-order valence-corrected chi connectivity index (χ0v) is 9.75. The molecule has 0 amide bonds. The van der Waals surface area contributed by atoms with Crippen molar-refractivity contribution in [3.05, 3.63) is 27.9 Å². The minimum Gasteiger partial charge on any atom is -0.478 e. The van der Waals surface area contributed by atoms with Crippen molar-refractivity contribution in [3.8, 4) is 0 Å². The highest BCUT2D eigenvalue weighted by Gasteiger charge is 2.22. The molecule has 0 aromatic carbocycles. The van der Waals surface area contributed by atoms with Crippen LogP contribution in [-0.2, 0) is 0 Å². The van der Waals surface area contributed by atoms with Gasteiger partial charge in [-0.1, -0.05) is 0 Å². The van der Waals surface area contributed by atoms with E-state index >= 15 is 0 Å². The van der Waals surface area contributed by atoms with Crippen LogP contribution in [-0.4, -0.2) is 34.1 Å². The van der Waals surface area contributed by atoms with E-state index in [-0.39, 0.29) is 23.1 Å². The third kappa shape index (κ3) is 2.68. The van der Waals surface area contributed by atoms with Gasteiger partial charge in [-0.15, -0.1) is 0 Å². The second-order valence-corrected chi connectivity index (χ2v) is 3.83. The number of hydrogen-bond acceptors (Lipinski definition) is 5. The number of anilines is 1. The maximum atomic E-state index is 10.9. The summed E-state index contributed by atoms with van der Waals surface area (Å²) in [6.45, 7) is 3.72. The molecule has 17 heavy (non-hydrogen) atoms. The van der Waals surface area contributed by atoms with Gasteiger partial charge < -0.3 is 10.0 Å². The monoisotopic (exact) mass is 239 g/mol. The van der Waals surface area contributed by atoms with Crippen LogP contribution in [0.4, 0.5) is 11.5 Å². The van der Waals surface area contributed by atoms with Crippen LogP contribution in [0.2, 0.25) is 0 Å². The van der Waals surface area contributed by atoms with E-state index in [1.54, 1.807) is 11.9 Å². The molecule has 0 radical (unpaired) electrons. The van der Waals surface area contributed by atoms with E-state index in [9.17, 15) is 14.9 Å². The average molecular weight is 239 g/mol. The summed E-state index contributed by atoms with van der Waals surface area (Å²) in [5.74, 6) is -1.07. The fourth-order valence-electron chi connectivity index (χ4n) is 1.21. The van der Waals surface area contributed by atoms with Crippen molar-refractivity contribution in [1.29, 1.82) is 0 Å². The maximum Gasteiger partial charge on any atom is 0.337 e. The number of carbonyl (C=O) groups is 1. The van der Waals surface area contributed by atoms with Gasteiger partial charge in [0.1, 0.15) is 0 Å². The first-order valence-corrected chi connectivity index (χ1v) is 4.95. The third-order valence-corrected chi connectivity index (χ3v) is 2.40. The molecular formula is C10H13N3O4. The summed E-state index contributed by atoms with van der Waals surface area (Å²) in [5, 5.41) is 19.6. The van der Waals surface area contributed by atoms with Crippen LogP contribution in [0, 0.1) is 10.1 Å². The lowest BCUT2D eigenvalue weighted by Crippen LogP contribution is -2.27. The zero-order chi connectivity index (χ0) is 13.2. The maximum absolute atomic E-state index is 10.9. The van der Waals surface area contributed by atoms with E-state index in [0.717, 1.165) is 12.3 Å². The Labute approximate surface area is 97.8 Å². The van der Waals surface area contributed by atoms with Crippen molar-refractivity contribution in [2.24, 2.45) is 0 Å². The second kappa shape index (κ2) is 4.77. The summed E-state index contributed by atoms with van der Waals surface area (Å²) in [7, 11) is 1.67. The fourth-order valence-corrected chi connectivity index (χ4v) is 1.21. The Morgan fingerprint density at radius 1 is 1.59 bits per heavy atom. The van der Waals surface area contributed by atoms with Gasteiger partial charge in [0.2, 0.25) is 5.82 Å². The Balaban J connectivity index is 3.32. The summed E-state index contributed by atoms with van der Waals surface area (Å²) in [5.41, 5.74) is -0.501. The molecule has 0 aliphatic carbocycles. The largest absolute Gasteiger partial charge is 0.478 e. The van der Waals surface area contributed by atoms with Crippen molar-refractivity contribution < 1.29 is 14.8 Å². The van der Waals surface area contributed by atoms with Gasteiger partial charge in [0.05, 0.1) is 10.5 Å². The van der Waals surface area contributed by atoms with Crippen LogP contribution < -0.4 is 4.90 Å². The van der Waals surface area contributed by atoms with Gasteiger partial charge in [-0.25, -0.2) is 9.78 Å². The van der Waals surface area contributed by atoms with Gasteiger partial charge in [-0.3, -0.25) is 10.1 Å². The van der Waals surface area contributed by atoms with E-state index in [0.29, 0.717) is 0 Å². The molecule has 0 saturated carbocycles. The van der Waals surface area contributed by atoms with Crippen LogP contribution >= 0.6 is 0 Å². The molecule has 0 unspecified atom stereocenters. The average Bonchev–Trinajstić information content (AvgIpc) is 2.26. The molecule has 0 aliphatic rings. The summed E-state index contributed by atoms with van der Waals surface area (Å²) in [6.07, 6.45) is 1.11. The van der Waals surface area contributed by atoms with E-state index < -0.39 is 10.9 Å². The van der Waals surface area contributed by atoms with Crippen molar-refractivity contribution in [1.82, 2.24) is 4.98 Å². The Hall–Kier alpha value is -2.18. The Morgan fingerprint density at radius 2 is 2.18 bits per heavy atom. The predicted molar refractivity (Wildman–Crippen MR) is 61.4 cm³/mol. The molecule has 1 rings (SSSR count). The summed E-state index contributed by atoms with van der Waals surface area (Å²) in [4.78, 5) is 26.4. The van der Waals surface area contributed by atoms with Gasteiger partial charge >= 0.3 is 11.7 Å². The zero-order valence-electron chi connectivity index (χ0n) is 9.75. The molecule has 0 spiro atoms. The molecule has 0 aliphatic heterocycles. The number of nitro groups is 1. The molecule has 0 saturated heterocycles. The van der Waals surface area contributed by atoms with Crippen molar-refractivity contribution >= 4 is 17.5 Å². The Bertz CT molecular complexity index is 459. The van der Waals surface area contributed by atoms with Crippen LogP contribution in [0.5, 0.6) is 0 Å². The van der Waals surface area contributed by atoms with Crippen LogP contribution in [0.25, 0.3) is 0 Å². The highest BCUT2D eigenvalue weighted by molar-refractivity contribution is 5.88. The number of carboxylic acids is 1. The Morgan fingerprint density at radius 3 is 2.59 bits per heavy atom. The standard InChI is InChI=1S/C10H13N3O4/c1-6(2)12(3)9-8(13(16)17)4-7(5-11-9)10(14)15/h4-6H,1-3H3,(H,14,15). The smallest absolute Gasteiger partial charge is 0.337 e. The van der Waals surface area contributed by atoms with E-state index in [4.69, 9.17) is 5.11 Å². The normalized spacial score (nSPS) is 10.4. The molecule has 1 heterocycles. The quantitative estimate of drug-likeness (QED) is 0.632. The molecule has 7 nitrogen and oxygen atoms in total. The lowest BCUT2D eigenvalue weighted by Gasteiger charge is -2.22. The van der Waals surface area contributed by atoms with Gasteiger partial charge in [-0.2, -0.15) is 0 Å². The lowest BCUT2D eigenvalue weighted by atomic mass is 10.2. The highest BCUT2D eigenvalue weighted by Crippen LogP contribution is 2.26. The van der Waals surface area contributed by atoms with E-state index in [1.165, 1.54) is 0 Å². The number of nitrogens with zero attached hydrogens (tertiary/aromatic N) is 3. The summed E-state index contributed by atoms with van der Waals surface area (Å²) >= 11 is 0. The first-order chi connectivity index (χ1) is 7.84. The Kier molecular flexibility index (Phi) is 3.62.